The van der Waals surface area contributed by atoms with Gasteiger partial charge in [-0.1, -0.05) is 24.3 Å². The van der Waals surface area contributed by atoms with E-state index in [-0.39, 0.29) is 17.6 Å². The topological polar surface area (TPSA) is 49.3 Å². The minimum atomic E-state index is 0.0841. The average Bonchev–Trinajstić information content (AvgIpc) is 3.14. The zero-order chi connectivity index (χ0) is 11.8. The molecule has 1 fully saturated rings. The zero-order valence-electron chi connectivity index (χ0n) is 9.31. The van der Waals surface area contributed by atoms with E-state index in [4.69, 9.17) is 0 Å². The van der Waals surface area contributed by atoms with Crippen molar-refractivity contribution in [3.63, 3.8) is 0 Å². The van der Waals surface area contributed by atoms with Crippen molar-refractivity contribution in [2.75, 3.05) is 5.32 Å². The highest BCUT2D eigenvalue weighted by Crippen LogP contribution is 2.33. The lowest BCUT2D eigenvalue weighted by atomic mass is 10.1. The molecule has 0 spiro atoms. The average molecular weight is 227 g/mol. The molecule has 0 unspecified atom stereocenters. The molecule has 0 heterocycles. The van der Waals surface area contributed by atoms with Gasteiger partial charge in [-0.3, -0.25) is 4.79 Å². The van der Waals surface area contributed by atoms with E-state index in [1.807, 2.05) is 24.3 Å². The van der Waals surface area contributed by atoms with Gasteiger partial charge in [-0.05, 0) is 25.0 Å². The molecule has 17 heavy (non-hydrogen) atoms. The number of hydrogen-bond donors (Lipinski definition) is 2. The van der Waals surface area contributed by atoms with Crippen LogP contribution in [0, 0.1) is 5.92 Å². The van der Waals surface area contributed by atoms with E-state index in [1.165, 1.54) is 0 Å². The van der Waals surface area contributed by atoms with Crippen LogP contribution in [-0.2, 0) is 4.79 Å². The molecule has 0 atom stereocenters. The predicted molar refractivity (Wildman–Crippen MR) is 67.0 cm³/mol. The third-order valence-electron chi connectivity index (χ3n) is 3.11. The first-order valence-electron chi connectivity index (χ1n) is 5.77. The number of fused-ring (bicyclic) bond motifs is 1. The Labute approximate surface area is 99.1 Å². The van der Waals surface area contributed by atoms with Gasteiger partial charge < -0.3 is 10.4 Å². The number of benzene rings is 2. The van der Waals surface area contributed by atoms with Crippen molar-refractivity contribution in [1.82, 2.24) is 0 Å². The highest BCUT2D eigenvalue weighted by molar-refractivity contribution is 6.04. The van der Waals surface area contributed by atoms with Crippen molar-refractivity contribution in [1.29, 1.82) is 0 Å². The van der Waals surface area contributed by atoms with Gasteiger partial charge in [-0.2, -0.15) is 0 Å². The summed E-state index contributed by atoms with van der Waals surface area (Å²) >= 11 is 0. The molecule has 0 saturated heterocycles. The Morgan fingerprint density at radius 1 is 1.12 bits per heavy atom. The maximum atomic E-state index is 11.7. The molecule has 86 valence electrons. The lowest BCUT2D eigenvalue weighted by molar-refractivity contribution is -0.117. The van der Waals surface area contributed by atoms with Crippen LogP contribution < -0.4 is 5.32 Å². The molecule has 3 rings (SSSR count). The van der Waals surface area contributed by atoms with Crippen molar-refractivity contribution in [3.05, 3.63) is 36.4 Å². The Balaban J connectivity index is 2.03. The molecule has 0 aliphatic heterocycles. The molecule has 3 heteroatoms. The number of nitrogens with one attached hydrogen (secondary N) is 1. The molecule has 0 bridgehead atoms. The molecule has 2 aromatic carbocycles. The highest BCUT2D eigenvalue weighted by Gasteiger charge is 2.29. The summed E-state index contributed by atoms with van der Waals surface area (Å²) in [5.74, 6) is 0.508. The summed E-state index contributed by atoms with van der Waals surface area (Å²) in [4.78, 5) is 11.7. The fourth-order valence-corrected chi connectivity index (χ4v) is 1.98. The predicted octanol–water partition coefficient (Wildman–Crippen LogP) is 2.89. The molecule has 1 amide bonds. The van der Waals surface area contributed by atoms with E-state index in [0.717, 1.165) is 29.3 Å². The summed E-state index contributed by atoms with van der Waals surface area (Å²) in [6, 6.07) is 10.9. The van der Waals surface area contributed by atoms with E-state index >= 15 is 0 Å². The summed E-state index contributed by atoms with van der Waals surface area (Å²) in [6.45, 7) is 0. The van der Waals surface area contributed by atoms with Crippen LogP contribution >= 0.6 is 0 Å². The van der Waals surface area contributed by atoms with Gasteiger partial charge in [-0.15, -0.1) is 0 Å². The first-order valence-corrected chi connectivity index (χ1v) is 5.77. The minimum Gasteiger partial charge on any atom is -0.507 e. The van der Waals surface area contributed by atoms with Gasteiger partial charge in [0.05, 0.1) is 0 Å². The SMILES string of the molecule is O=C(Nc1cccc2c(O)cccc12)C1CC1. The van der Waals surface area contributed by atoms with Crippen molar-refractivity contribution in [3.8, 4) is 5.75 Å². The number of amides is 1. The van der Waals surface area contributed by atoms with Crippen LogP contribution in [0.15, 0.2) is 36.4 Å². The largest absolute Gasteiger partial charge is 0.507 e. The summed E-state index contributed by atoms with van der Waals surface area (Å²) in [6.07, 6.45) is 1.98. The Morgan fingerprint density at radius 3 is 2.59 bits per heavy atom. The van der Waals surface area contributed by atoms with Crippen LogP contribution in [0.3, 0.4) is 0 Å². The maximum absolute atomic E-state index is 11.7. The van der Waals surface area contributed by atoms with Gasteiger partial charge in [0.2, 0.25) is 5.91 Å². The van der Waals surface area contributed by atoms with Gasteiger partial charge in [0, 0.05) is 22.4 Å². The van der Waals surface area contributed by atoms with Crippen molar-refractivity contribution < 1.29 is 9.90 Å². The number of aromatic hydroxyl groups is 1. The lowest BCUT2D eigenvalue weighted by Crippen LogP contribution is -2.13. The first-order chi connectivity index (χ1) is 8.25. The van der Waals surface area contributed by atoms with Gasteiger partial charge in [0.15, 0.2) is 0 Å². The van der Waals surface area contributed by atoms with Gasteiger partial charge >= 0.3 is 0 Å². The summed E-state index contributed by atoms with van der Waals surface area (Å²) < 4.78 is 0. The molecule has 2 aromatic rings. The Hall–Kier alpha value is -2.03. The number of carbonyl (C=O) groups excluding carboxylic acids is 1. The Kier molecular flexibility index (Phi) is 2.25. The zero-order valence-corrected chi connectivity index (χ0v) is 9.31. The number of hydrogen-bond acceptors (Lipinski definition) is 2. The van der Waals surface area contributed by atoms with Crippen LogP contribution in [0.1, 0.15) is 12.8 Å². The summed E-state index contributed by atoms with van der Waals surface area (Å²) in [5, 5.41) is 14.3. The molecular formula is C14H13NO2. The standard InChI is InChI=1S/C14H13NO2/c16-13-6-2-3-10-11(13)4-1-5-12(10)15-14(17)9-7-8-9/h1-6,9,16H,7-8H2,(H,15,17). The molecule has 1 saturated carbocycles. The molecule has 3 nitrogen and oxygen atoms in total. The third kappa shape index (κ3) is 1.84. The monoisotopic (exact) mass is 227 g/mol. The van der Waals surface area contributed by atoms with E-state index in [2.05, 4.69) is 5.32 Å². The number of phenols is 1. The molecule has 1 aliphatic carbocycles. The number of rotatable bonds is 2. The van der Waals surface area contributed by atoms with Crippen molar-refractivity contribution >= 4 is 22.4 Å². The maximum Gasteiger partial charge on any atom is 0.227 e. The quantitative estimate of drug-likeness (QED) is 0.828. The molecule has 2 N–H and O–H groups in total. The second-order valence-electron chi connectivity index (χ2n) is 4.44. The van der Waals surface area contributed by atoms with E-state index in [9.17, 15) is 9.90 Å². The molecular weight excluding hydrogens is 214 g/mol. The molecule has 0 aromatic heterocycles. The van der Waals surface area contributed by atoms with Crippen LogP contribution in [0.4, 0.5) is 5.69 Å². The van der Waals surface area contributed by atoms with Crippen molar-refractivity contribution in [2.45, 2.75) is 12.8 Å². The first kappa shape index (κ1) is 10.1. The second kappa shape index (κ2) is 3.77. The van der Waals surface area contributed by atoms with Gasteiger partial charge in [-0.25, -0.2) is 0 Å². The minimum absolute atomic E-state index is 0.0841. The second-order valence-corrected chi connectivity index (χ2v) is 4.44. The van der Waals surface area contributed by atoms with Gasteiger partial charge in [0.25, 0.3) is 0 Å². The van der Waals surface area contributed by atoms with E-state index in [0.29, 0.717) is 0 Å². The van der Waals surface area contributed by atoms with Crippen LogP contribution in [0.2, 0.25) is 0 Å². The number of anilines is 1. The third-order valence-corrected chi connectivity index (χ3v) is 3.11. The fourth-order valence-electron chi connectivity index (χ4n) is 1.98. The Morgan fingerprint density at radius 2 is 1.82 bits per heavy atom. The fraction of sp³-hybridized carbons (Fsp3) is 0.214. The van der Waals surface area contributed by atoms with Gasteiger partial charge in [0.1, 0.15) is 5.75 Å². The van der Waals surface area contributed by atoms with E-state index < -0.39 is 0 Å². The smallest absolute Gasteiger partial charge is 0.227 e. The molecule has 0 radical (unpaired) electrons. The van der Waals surface area contributed by atoms with E-state index in [1.54, 1.807) is 12.1 Å². The number of carbonyl (C=O) groups is 1. The molecule has 1 aliphatic rings. The van der Waals surface area contributed by atoms with Crippen LogP contribution in [0.25, 0.3) is 10.8 Å². The lowest BCUT2D eigenvalue weighted by Gasteiger charge is -2.09. The normalized spacial score (nSPS) is 14.8. The van der Waals surface area contributed by atoms with Crippen LogP contribution in [-0.4, -0.2) is 11.0 Å². The Bertz CT molecular complexity index is 588. The summed E-state index contributed by atoms with van der Waals surface area (Å²) in [7, 11) is 0. The highest BCUT2D eigenvalue weighted by atomic mass is 16.3. The van der Waals surface area contributed by atoms with Crippen LogP contribution in [0.5, 0.6) is 5.75 Å². The summed E-state index contributed by atoms with van der Waals surface area (Å²) in [5.41, 5.74) is 0.773. The van der Waals surface area contributed by atoms with Crippen molar-refractivity contribution in [2.24, 2.45) is 5.92 Å². The number of phenolic OH excluding ortho intramolecular Hbond substituents is 1.